The number of carbonyl (C=O) groups is 2. The normalized spacial score (nSPS) is 13.9. The van der Waals surface area contributed by atoms with Crippen LogP contribution in [-0.4, -0.2) is 36.3 Å². The van der Waals surface area contributed by atoms with Crippen molar-refractivity contribution in [3.63, 3.8) is 0 Å². The minimum absolute atomic E-state index is 0.0789. The van der Waals surface area contributed by atoms with Crippen molar-refractivity contribution < 1.29 is 9.59 Å². The third-order valence-corrected chi connectivity index (χ3v) is 5.09. The van der Waals surface area contributed by atoms with Crippen molar-refractivity contribution in [3.8, 4) is 0 Å². The Morgan fingerprint density at radius 2 is 1.67 bits per heavy atom. The van der Waals surface area contributed by atoms with E-state index in [1.165, 1.54) is 6.42 Å². The smallest absolute Gasteiger partial charge is 0.253 e. The van der Waals surface area contributed by atoms with Gasteiger partial charge in [-0.2, -0.15) is 0 Å². The molecule has 0 aromatic heterocycles. The molecule has 2 N–H and O–H groups in total. The summed E-state index contributed by atoms with van der Waals surface area (Å²) in [4.78, 5) is 26.5. The quantitative estimate of drug-likeness (QED) is 0.805. The van der Waals surface area contributed by atoms with Crippen LogP contribution in [0.15, 0.2) is 42.5 Å². The predicted octanol–water partition coefficient (Wildman–Crippen LogP) is 4.33. The molecule has 1 heterocycles. The van der Waals surface area contributed by atoms with Crippen molar-refractivity contribution in [1.82, 2.24) is 4.90 Å². The third kappa shape index (κ3) is 5.23. The van der Waals surface area contributed by atoms with Gasteiger partial charge in [0, 0.05) is 35.1 Å². The minimum atomic E-state index is -0.164. The van der Waals surface area contributed by atoms with Gasteiger partial charge in [0.15, 0.2) is 0 Å². The first kappa shape index (κ1) is 19.2. The van der Waals surface area contributed by atoms with E-state index in [0.29, 0.717) is 16.3 Å². The molecule has 0 unspecified atom stereocenters. The number of halogens is 1. The van der Waals surface area contributed by atoms with Crippen LogP contribution in [0.25, 0.3) is 0 Å². The molecule has 0 aliphatic carbocycles. The minimum Gasteiger partial charge on any atom is -0.376 e. The van der Waals surface area contributed by atoms with E-state index < -0.39 is 0 Å². The summed E-state index contributed by atoms with van der Waals surface area (Å²) in [5.41, 5.74) is 3.11. The molecule has 0 saturated carbocycles. The number of amides is 2. The lowest BCUT2D eigenvalue weighted by molar-refractivity contribution is -0.114. The fourth-order valence-corrected chi connectivity index (χ4v) is 3.25. The number of benzene rings is 2. The van der Waals surface area contributed by atoms with Crippen molar-refractivity contribution in [2.24, 2.45) is 0 Å². The highest BCUT2D eigenvalue weighted by Crippen LogP contribution is 2.20. The van der Waals surface area contributed by atoms with Crippen LogP contribution in [0.4, 0.5) is 11.4 Å². The van der Waals surface area contributed by atoms with Crippen LogP contribution in [-0.2, 0) is 4.79 Å². The highest BCUT2D eigenvalue weighted by molar-refractivity contribution is 6.31. The summed E-state index contributed by atoms with van der Waals surface area (Å²) in [6, 6.07) is 12.7. The Morgan fingerprint density at radius 3 is 2.33 bits per heavy atom. The molecule has 2 aromatic rings. The standard InChI is InChI=1S/C21H24ClN3O2/c1-15-5-8-18(13-19(15)22)24-20(26)14-23-17-9-6-16(7-10-17)21(27)25-11-3-2-4-12-25/h5-10,13,23H,2-4,11-12,14H2,1H3,(H,24,26). The molecular formula is C21H24ClN3O2. The molecule has 3 rings (SSSR count). The van der Waals surface area contributed by atoms with Crippen LogP contribution in [0.1, 0.15) is 35.2 Å². The molecule has 0 spiro atoms. The number of hydrogen-bond acceptors (Lipinski definition) is 3. The van der Waals surface area contributed by atoms with Gasteiger partial charge in [-0.15, -0.1) is 0 Å². The fraction of sp³-hybridized carbons (Fsp3) is 0.333. The average molecular weight is 386 g/mol. The van der Waals surface area contributed by atoms with Crippen molar-refractivity contribution >= 4 is 34.8 Å². The van der Waals surface area contributed by atoms with Crippen LogP contribution in [0.5, 0.6) is 0 Å². The van der Waals surface area contributed by atoms with Crippen molar-refractivity contribution in [1.29, 1.82) is 0 Å². The lowest BCUT2D eigenvalue weighted by Crippen LogP contribution is -2.35. The second-order valence-electron chi connectivity index (χ2n) is 6.80. The number of nitrogens with one attached hydrogen (secondary N) is 2. The van der Waals surface area contributed by atoms with E-state index >= 15 is 0 Å². The molecule has 1 aliphatic heterocycles. The summed E-state index contributed by atoms with van der Waals surface area (Å²) in [5, 5.41) is 6.49. The Balaban J connectivity index is 1.51. The fourth-order valence-electron chi connectivity index (χ4n) is 3.07. The molecular weight excluding hydrogens is 362 g/mol. The van der Waals surface area contributed by atoms with Crippen molar-refractivity contribution in [2.45, 2.75) is 26.2 Å². The number of aryl methyl sites for hydroxylation is 1. The second-order valence-corrected chi connectivity index (χ2v) is 7.20. The van der Waals surface area contributed by atoms with Gasteiger partial charge in [-0.25, -0.2) is 0 Å². The summed E-state index contributed by atoms with van der Waals surface area (Å²) < 4.78 is 0. The van der Waals surface area contributed by atoms with Gasteiger partial charge < -0.3 is 15.5 Å². The molecule has 1 aliphatic rings. The molecule has 5 nitrogen and oxygen atoms in total. The lowest BCUT2D eigenvalue weighted by atomic mass is 10.1. The molecule has 6 heteroatoms. The monoisotopic (exact) mass is 385 g/mol. The number of rotatable bonds is 5. The maximum atomic E-state index is 12.5. The van der Waals surface area contributed by atoms with E-state index in [0.717, 1.165) is 37.2 Å². The first-order valence-corrected chi connectivity index (χ1v) is 9.60. The Bertz CT molecular complexity index is 815. The maximum Gasteiger partial charge on any atom is 0.253 e. The van der Waals surface area contributed by atoms with E-state index in [9.17, 15) is 9.59 Å². The van der Waals surface area contributed by atoms with Crippen molar-refractivity contribution in [2.75, 3.05) is 30.3 Å². The van der Waals surface area contributed by atoms with Gasteiger partial charge >= 0.3 is 0 Å². The summed E-state index contributed by atoms with van der Waals surface area (Å²) in [7, 11) is 0. The summed E-state index contributed by atoms with van der Waals surface area (Å²) in [6.07, 6.45) is 3.35. The number of nitrogens with zero attached hydrogens (tertiary/aromatic N) is 1. The average Bonchev–Trinajstić information content (AvgIpc) is 2.70. The van der Waals surface area contributed by atoms with Crippen LogP contribution >= 0.6 is 11.6 Å². The van der Waals surface area contributed by atoms with Gasteiger partial charge in [0.25, 0.3) is 5.91 Å². The SMILES string of the molecule is Cc1ccc(NC(=O)CNc2ccc(C(=O)N3CCCCC3)cc2)cc1Cl. The number of carbonyl (C=O) groups excluding carboxylic acids is 2. The number of hydrogen-bond donors (Lipinski definition) is 2. The maximum absolute atomic E-state index is 12.5. The van der Waals surface area contributed by atoms with Gasteiger partial charge in [0.2, 0.25) is 5.91 Å². The van der Waals surface area contributed by atoms with Crippen molar-refractivity contribution in [3.05, 3.63) is 58.6 Å². The number of anilines is 2. The van der Waals surface area contributed by atoms with E-state index in [2.05, 4.69) is 10.6 Å². The molecule has 2 aromatic carbocycles. The predicted molar refractivity (Wildman–Crippen MR) is 110 cm³/mol. The number of likely N-dealkylation sites (tertiary alicyclic amines) is 1. The zero-order valence-corrected chi connectivity index (χ0v) is 16.2. The van der Waals surface area contributed by atoms with E-state index in [1.807, 2.05) is 36.1 Å². The molecule has 1 saturated heterocycles. The van der Waals surface area contributed by atoms with E-state index in [-0.39, 0.29) is 18.4 Å². The Kier molecular flexibility index (Phi) is 6.35. The molecule has 2 amide bonds. The van der Waals surface area contributed by atoms with Gasteiger partial charge in [-0.3, -0.25) is 9.59 Å². The van der Waals surface area contributed by atoms with Crippen LogP contribution < -0.4 is 10.6 Å². The highest BCUT2D eigenvalue weighted by Gasteiger charge is 2.17. The molecule has 27 heavy (non-hydrogen) atoms. The van der Waals surface area contributed by atoms with Gasteiger partial charge in [-0.05, 0) is 68.1 Å². The summed E-state index contributed by atoms with van der Waals surface area (Å²) in [5.74, 6) is -0.0846. The first-order chi connectivity index (χ1) is 13.0. The van der Waals surface area contributed by atoms with Crippen LogP contribution in [0, 0.1) is 6.92 Å². The lowest BCUT2D eigenvalue weighted by Gasteiger charge is -2.26. The molecule has 0 atom stereocenters. The number of piperidine rings is 1. The van der Waals surface area contributed by atoms with E-state index in [1.54, 1.807) is 18.2 Å². The van der Waals surface area contributed by atoms with Crippen LogP contribution in [0.3, 0.4) is 0 Å². The second kappa shape index (κ2) is 8.91. The molecule has 1 fully saturated rings. The molecule has 142 valence electrons. The molecule has 0 bridgehead atoms. The van der Waals surface area contributed by atoms with Gasteiger partial charge in [0.05, 0.1) is 6.54 Å². The van der Waals surface area contributed by atoms with Gasteiger partial charge in [-0.1, -0.05) is 17.7 Å². The zero-order chi connectivity index (χ0) is 19.2. The first-order valence-electron chi connectivity index (χ1n) is 9.22. The van der Waals surface area contributed by atoms with Crippen LogP contribution in [0.2, 0.25) is 5.02 Å². The highest BCUT2D eigenvalue weighted by atomic mass is 35.5. The Hall–Kier alpha value is -2.53. The zero-order valence-electron chi connectivity index (χ0n) is 15.4. The summed E-state index contributed by atoms with van der Waals surface area (Å²) >= 11 is 6.07. The Labute approximate surface area is 164 Å². The largest absolute Gasteiger partial charge is 0.376 e. The third-order valence-electron chi connectivity index (χ3n) is 4.68. The topological polar surface area (TPSA) is 61.4 Å². The summed E-state index contributed by atoms with van der Waals surface area (Å²) in [6.45, 7) is 3.71. The van der Waals surface area contributed by atoms with Gasteiger partial charge in [0.1, 0.15) is 0 Å². The van der Waals surface area contributed by atoms with E-state index in [4.69, 9.17) is 11.6 Å². The Morgan fingerprint density at radius 1 is 1.00 bits per heavy atom. The molecule has 0 radical (unpaired) electrons.